The van der Waals surface area contributed by atoms with Crippen LogP contribution in [0.1, 0.15) is 30.4 Å². The minimum Gasteiger partial charge on any atom is -0.497 e. The molecule has 1 amide bonds. The highest BCUT2D eigenvalue weighted by molar-refractivity contribution is 5.85. The number of ether oxygens (including phenoxy) is 3. The number of rotatable bonds is 8. The predicted molar refractivity (Wildman–Crippen MR) is 122 cm³/mol. The highest BCUT2D eigenvalue weighted by atomic mass is 16.7. The van der Waals surface area contributed by atoms with Crippen molar-refractivity contribution in [3.05, 3.63) is 53.6 Å². The Balaban J connectivity index is 1.74. The number of fused-ring (bicyclic) bond motifs is 1. The lowest BCUT2D eigenvalue weighted by atomic mass is 9.69. The van der Waals surface area contributed by atoms with Crippen LogP contribution in [0.4, 0.5) is 0 Å². The summed E-state index contributed by atoms with van der Waals surface area (Å²) in [5.41, 5.74) is 0.267. The summed E-state index contributed by atoms with van der Waals surface area (Å²) in [6, 6.07) is 12.8. The summed E-state index contributed by atoms with van der Waals surface area (Å²) in [5.74, 6) is 0.529. The molecule has 2 unspecified atom stereocenters. The van der Waals surface area contributed by atoms with Crippen molar-refractivity contribution in [2.75, 3.05) is 47.1 Å². The Morgan fingerprint density at radius 3 is 2.58 bits per heavy atom. The first-order valence-electron chi connectivity index (χ1n) is 11.1. The Bertz CT molecular complexity index is 1020. The number of carbonyl (C=O) groups is 2. The monoisotopic (exact) mass is 454 g/mol. The molecule has 1 N–H and O–H groups in total. The van der Waals surface area contributed by atoms with Crippen LogP contribution in [-0.2, 0) is 15.0 Å². The van der Waals surface area contributed by atoms with Crippen LogP contribution in [0.25, 0.3) is 0 Å². The second-order valence-electron chi connectivity index (χ2n) is 8.66. The molecule has 8 nitrogen and oxygen atoms in total. The fraction of sp³-hybridized carbons (Fsp3) is 0.440. The van der Waals surface area contributed by atoms with Gasteiger partial charge in [0.1, 0.15) is 11.2 Å². The zero-order chi connectivity index (χ0) is 23.6. The third-order valence-corrected chi connectivity index (χ3v) is 6.64. The highest BCUT2D eigenvalue weighted by Gasteiger charge is 2.54. The summed E-state index contributed by atoms with van der Waals surface area (Å²) < 4.78 is 16.2. The fourth-order valence-corrected chi connectivity index (χ4v) is 4.87. The second kappa shape index (κ2) is 9.31. The predicted octanol–water partition coefficient (Wildman–Crippen LogP) is 2.71. The molecule has 2 aromatic carbocycles. The quantitative estimate of drug-likeness (QED) is 0.656. The number of benzene rings is 2. The van der Waals surface area contributed by atoms with E-state index in [-0.39, 0.29) is 31.7 Å². The first-order valence-corrected chi connectivity index (χ1v) is 11.1. The Morgan fingerprint density at radius 1 is 1.18 bits per heavy atom. The number of aliphatic carboxylic acids is 1. The van der Waals surface area contributed by atoms with Crippen LogP contribution in [0.3, 0.4) is 0 Å². The van der Waals surface area contributed by atoms with E-state index in [1.165, 1.54) is 0 Å². The van der Waals surface area contributed by atoms with Crippen LogP contribution in [-0.4, -0.2) is 73.9 Å². The largest absolute Gasteiger partial charge is 0.497 e. The number of likely N-dealkylation sites (N-methyl/N-ethyl adjacent to an activating group) is 1. The van der Waals surface area contributed by atoms with Crippen molar-refractivity contribution < 1.29 is 28.9 Å². The first-order chi connectivity index (χ1) is 15.9. The lowest BCUT2D eigenvalue weighted by Gasteiger charge is -2.31. The molecule has 2 aromatic rings. The molecule has 2 atom stereocenters. The molecule has 2 aliphatic rings. The number of amides is 1. The molecule has 1 fully saturated rings. The van der Waals surface area contributed by atoms with Gasteiger partial charge in [-0.05, 0) is 41.8 Å². The third kappa shape index (κ3) is 4.23. The molecule has 33 heavy (non-hydrogen) atoms. The van der Waals surface area contributed by atoms with Crippen LogP contribution < -0.4 is 14.2 Å². The summed E-state index contributed by atoms with van der Waals surface area (Å²) >= 11 is 0. The molecular weight excluding hydrogens is 424 g/mol. The topological polar surface area (TPSA) is 88.5 Å². The average Bonchev–Trinajstić information content (AvgIpc) is 3.44. The number of carboxylic acids is 1. The first kappa shape index (κ1) is 22.9. The molecular formula is C25H30N2O6. The van der Waals surface area contributed by atoms with Gasteiger partial charge in [-0.3, -0.25) is 14.5 Å². The summed E-state index contributed by atoms with van der Waals surface area (Å²) in [4.78, 5) is 29.4. The van der Waals surface area contributed by atoms with E-state index in [9.17, 15) is 14.7 Å². The standard InChI is InChI=1S/C25H30N2O6/c1-4-11-26(2)23(28)14-27-13-20(17-5-8-19(31-3)9-6-17)25(15-27,24(29)30)18-7-10-21-22(12-18)33-16-32-21/h5-10,12,20H,4,11,13-16H2,1-3H3,(H,29,30). The van der Waals surface area contributed by atoms with Gasteiger partial charge >= 0.3 is 5.97 Å². The summed E-state index contributed by atoms with van der Waals surface area (Å²) in [6.45, 7) is 3.63. The summed E-state index contributed by atoms with van der Waals surface area (Å²) in [6.07, 6.45) is 0.868. The van der Waals surface area contributed by atoms with Gasteiger partial charge < -0.3 is 24.2 Å². The SMILES string of the molecule is CCCN(C)C(=O)CN1CC(c2ccc(OC)cc2)C(C(=O)O)(c2ccc3c(c2)OCO3)C1. The van der Waals surface area contributed by atoms with E-state index < -0.39 is 11.4 Å². The zero-order valence-corrected chi connectivity index (χ0v) is 19.2. The number of hydrogen-bond donors (Lipinski definition) is 1. The maximum Gasteiger partial charge on any atom is 0.316 e. The average molecular weight is 455 g/mol. The van der Waals surface area contributed by atoms with Gasteiger partial charge in [-0.25, -0.2) is 0 Å². The molecule has 4 rings (SSSR count). The molecule has 0 aromatic heterocycles. The maximum atomic E-state index is 13.0. The molecule has 0 bridgehead atoms. The molecule has 8 heteroatoms. The van der Waals surface area contributed by atoms with Crippen molar-refractivity contribution in [2.24, 2.45) is 0 Å². The Kier molecular flexibility index (Phi) is 6.47. The normalized spacial score (nSPS) is 21.7. The third-order valence-electron chi connectivity index (χ3n) is 6.64. The van der Waals surface area contributed by atoms with E-state index in [2.05, 4.69) is 0 Å². The molecule has 0 saturated carbocycles. The molecule has 2 heterocycles. The lowest BCUT2D eigenvalue weighted by molar-refractivity contribution is -0.144. The minimum atomic E-state index is -1.25. The van der Waals surface area contributed by atoms with Crippen LogP contribution in [0.5, 0.6) is 17.2 Å². The lowest BCUT2D eigenvalue weighted by Crippen LogP contribution is -2.44. The van der Waals surface area contributed by atoms with E-state index in [0.717, 1.165) is 12.0 Å². The highest BCUT2D eigenvalue weighted by Crippen LogP contribution is 2.48. The molecule has 176 valence electrons. The number of methoxy groups -OCH3 is 1. The number of carboxylic acid groups (broad SMARTS) is 1. The minimum absolute atomic E-state index is 0.0165. The molecule has 0 aliphatic carbocycles. The fourth-order valence-electron chi connectivity index (χ4n) is 4.87. The second-order valence-corrected chi connectivity index (χ2v) is 8.66. The van der Waals surface area contributed by atoms with Crippen molar-refractivity contribution in [3.8, 4) is 17.2 Å². The van der Waals surface area contributed by atoms with Gasteiger partial charge in [0.05, 0.1) is 13.7 Å². The van der Waals surface area contributed by atoms with Crippen molar-refractivity contribution >= 4 is 11.9 Å². The smallest absolute Gasteiger partial charge is 0.316 e. The molecule has 0 spiro atoms. The van der Waals surface area contributed by atoms with Gasteiger partial charge in [-0.15, -0.1) is 0 Å². The van der Waals surface area contributed by atoms with Crippen molar-refractivity contribution in [1.29, 1.82) is 0 Å². The van der Waals surface area contributed by atoms with Crippen LogP contribution >= 0.6 is 0 Å². The zero-order valence-electron chi connectivity index (χ0n) is 19.2. The van der Waals surface area contributed by atoms with Crippen LogP contribution in [0.15, 0.2) is 42.5 Å². The van der Waals surface area contributed by atoms with E-state index >= 15 is 0 Å². The van der Waals surface area contributed by atoms with Crippen molar-refractivity contribution in [2.45, 2.75) is 24.7 Å². The van der Waals surface area contributed by atoms with Gasteiger partial charge in [0.15, 0.2) is 11.5 Å². The van der Waals surface area contributed by atoms with Gasteiger partial charge in [-0.2, -0.15) is 0 Å². The number of carbonyl (C=O) groups excluding carboxylic acids is 1. The molecule has 2 aliphatic heterocycles. The summed E-state index contributed by atoms with van der Waals surface area (Å²) in [7, 11) is 3.38. The van der Waals surface area contributed by atoms with Crippen molar-refractivity contribution in [3.63, 3.8) is 0 Å². The van der Waals surface area contributed by atoms with Gasteiger partial charge in [0, 0.05) is 32.6 Å². The number of likely N-dealkylation sites (tertiary alicyclic amines) is 1. The van der Waals surface area contributed by atoms with E-state index in [4.69, 9.17) is 14.2 Å². The van der Waals surface area contributed by atoms with Gasteiger partial charge in [0.25, 0.3) is 0 Å². The van der Waals surface area contributed by atoms with Crippen LogP contribution in [0.2, 0.25) is 0 Å². The number of nitrogens with zero attached hydrogens (tertiary/aromatic N) is 2. The number of hydrogen-bond acceptors (Lipinski definition) is 6. The van der Waals surface area contributed by atoms with Gasteiger partial charge in [0.2, 0.25) is 12.7 Å². The van der Waals surface area contributed by atoms with Crippen LogP contribution in [0, 0.1) is 0 Å². The van der Waals surface area contributed by atoms with Crippen molar-refractivity contribution in [1.82, 2.24) is 9.80 Å². The Labute approximate surface area is 193 Å². The summed E-state index contributed by atoms with van der Waals surface area (Å²) in [5, 5.41) is 10.6. The Morgan fingerprint density at radius 2 is 1.91 bits per heavy atom. The van der Waals surface area contributed by atoms with E-state index in [1.807, 2.05) is 36.1 Å². The molecule has 0 radical (unpaired) electrons. The van der Waals surface area contributed by atoms with E-state index in [1.54, 1.807) is 37.3 Å². The maximum absolute atomic E-state index is 13.0. The van der Waals surface area contributed by atoms with E-state index in [0.29, 0.717) is 35.9 Å². The Hall–Kier alpha value is -3.26. The molecule has 1 saturated heterocycles. The van der Waals surface area contributed by atoms with Gasteiger partial charge in [-0.1, -0.05) is 25.1 Å².